The number of thioether (sulfide) groups is 1. The van der Waals surface area contributed by atoms with Gasteiger partial charge in [-0.05, 0) is 36.5 Å². The zero-order valence-corrected chi connectivity index (χ0v) is 10.7. The van der Waals surface area contributed by atoms with Crippen molar-refractivity contribution >= 4 is 22.7 Å². The summed E-state index contributed by atoms with van der Waals surface area (Å²) in [7, 11) is 0.421. The second-order valence-electron chi connectivity index (χ2n) is 3.45. The molecule has 1 fully saturated rings. The maximum absolute atomic E-state index is 2.23. The molecule has 0 saturated carbocycles. The van der Waals surface area contributed by atoms with Gasteiger partial charge in [-0.1, -0.05) is 18.2 Å². The van der Waals surface area contributed by atoms with Gasteiger partial charge in [-0.25, -0.2) is 0 Å². The van der Waals surface area contributed by atoms with Gasteiger partial charge >= 0.3 is 0 Å². The molecular weight excluding hydrogens is 208 g/mol. The van der Waals surface area contributed by atoms with Crippen LogP contribution in [0.3, 0.4) is 0 Å². The summed E-state index contributed by atoms with van der Waals surface area (Å²) in [5.74, 6) is 2.83. The first-order valence-electron chi connectivity index (χ1n) is 5.01. The van der Waals surface area contributed by atoms with E-state index in [-0.39, 0.29) is 0 Å². The van der Waals surface area contributed by atoms with Crippen molar-refractivity contribution in [1.29, 1.82) is 0 Å². The van der Waals surface area contributed by atoms with Gasteiger partial charge in [0.15, 0.2) is 4.90 Å². The molecule has 0 aliphatic carbocycles. The molecule has 1 aliphatic heterocycles. The highest BCUT2D eigenvalue weighted by Gasteiger charge is 2.03. The van der Waals surface area contributed by atoms with Crippen LogP contribution in [0.25, 0.3) is 0 Å². The van der Waals surface area contributed by atoms with Crippen molar-refractivity contribution in [2.45, 2.75) is 17.7 Å². The monoisotopic (exact) mass is 227 g/mol. The number of hydrogen-bond acceptors (Lipinski definition) is 1. The summed E-state index contributed by atoms with van der Waals surface area (Å²) in [5, 5.41) is 0. The van der Waals surface area contributed by atoms with E-state index < -0.39 is 0 Å². The second-order valence-corrected chi connectivity index (χ2v) is 6.78. The van der Waals surface area contributed by atoms with E-state index in [1.807, 2.05) is 0 Å². The average Bonchev–Trinajstić information content (AvgIpc) is 2.77. The molecule has 0 radical (unpaired) electrons. The Morgan fingerprint density at radius 1 is 1.00 bits per heavy atom. The summed E-state index contributed by atoms with van der Waals surface area (Å²) in [6.07, 6.45) is 7.39. The molecule has 0 aromatic heterocycles. The summed E-state index contributed by atoms with van der Waals surface area (Å²) in [5.41, 5.74) is 0. The van der Waals surface area contributed by atoms with E-state index in [9.17, 15) is 0 Å². The van der Waals surface area contributed by atoms with Crippen molar-refractivity contribution in [2.24, 2.45) is 0 Å². The Morgan fingerprint density at radius 3 is 1.86 bits per heavy atom. The van der Waals surface area contributed by atoms with Crippen LogP contribution in [0.5, 0.6) is 0 Å². The summed E-state index contributed by atoms with van der Waals surface area (Å²) in [4.78, 5) is 1.44. The molecule has 14 heavy (non-hydrogen) atoms. The molecule has 2 heteroatoms. The van der Waals surface area contributed by atoms with Crippen LogP contribution in [0.2, 0.25) is 0 Å². The van der Waals surface area contributed by atoms with Crippen molar-refractivity contribution in [1.82, 2.24) is 0 Å². The molecule has 0 spiro atoms. The highest BCUT2D eigenvalue weighted by molar-refractivity contribution is 7.99. The maximum atomic E-state index is 2.23. The number of benzene rings is 1. The van der Waals surface area contributed by atoms with Gasteiger partial charge in [-0.3, -0.25) is 0 Å². The summed E-state index contributed by atoms with van der Waals surface area (Å²) in [6.45, 7) is 0. The third kappa shape index (κ3) is 4.97. The van der Waals surface area contributed by atoms with Crippen LogP contribution < -0.4 is 0 Å². The molecule has 0 nitrogen and oxygen atoms in total. The minimum atomic E-state index is 0.421. The fourth-order valence-corrected chi connectivity index (χ4v) is 2.93. The lowest BCUT2D eigenvalue weighted by atomic mass is 10.4. The maximum Gasteiger partial charge on any atom is 0.154 e. The Kier molecular flexibility index (Phi) is 6.20. The van der Waals surface area contributed by atoms with Crippen LogP contribution in [-0.2, 0) is 10.9 Å². The zero-order valence-electron chi connectivity index (χ0n) is 9.03. The quantitative estimate of drug-likeness (QED) is 0.662. The third-order valence-electron chi connectivity index (χ3n) is 2.04. The average molecular weight is 227 g/mol. The Morgan fingerprint density at radius 2 is 1.57 bits per heavy atom. The third-order valence-corrected chi connectivity index (χ3v) is 4.41. The van der Waals surface area contributed by atoms with Crippen LogP contribution in [-0.4, -0.2) is 24.0 Å². The molecule has 1 heterocycles. The van der Waals surface area contributed by atoms with Gasteiger partial charge in [0.1, 0.15) is 12.5 Å². The molecule has 78 valence electrons. The lowest BCUT2D eigenvalue weighted by Gasteiger charge is -1.91. The van der Waals surface area contributed by atoms with E-state index in [2.05, 4.69) is 54.6 Å². The Labute approximate surface area is 94.8 Å². The minimum Gasteiger partial charge on any atom is -0.162 e. The van der Waals surface area contributed by atoms with E-state index in [4.69, 9.17) is 0 Å². The van der Waals surface area contributed by atoms with E-state index in [1.54, 1.807) is 0 Å². The van der Waals surface area contributed by atoms with Crippen LogP contribution in [0, 0.1) is 0 Å². The van der Waals surface area contributed by atoms with Gasteiger partial charge < -0.3 is 0 Å². The number of hydrogen-bond donors (Lipinski definition) is 0. The van der Waals surface area contributed by atoms with Gasteiger partial charge in [0.05, 0.1) is 0 Å². The van der Waals surface area contributed by atoms with E-state index in [0.29, 0.717) is 10.9 Å². The SMILES string of the molecule is C1CCSC1.C[S+](C)c1ccccc1. The summed E-state index contributed by atoms with van der Waals surface area (Å²) >= 11 is 2.07. The summed E-state index contributed by atoms with van der Waals surface area (Å²) in [6, 6.07) is 10.6. The van der Waals surface area contributed by atoms with Gasteiger partial charge in [-0.15, -0.1) is 0 Å². The van der Waals surface area contributed by atoms with Crippen molar-refractivity contribution < 1.29 is 0 Å². The fourth-order valence-electron chi connectivity index (χ4n) is 1.20. The predicted molar refractivity (Wildman–Crippen MR) is 70.5 cm³/mol. The Bertz CT molecular complexity index is 220. The van der Waals surface area contributed by atoms with Crippen molar-refractivity contribution in [2.75, 3.05) is 24.0 Å². The molecule has 0 amide bonds. The first kappa shape index (κ1) is 12.0. The van der Waals surface area contributed by atoms with Crippen LogP contribution in [0.4, 0.5) is 0 Å². The first-order chi connectivity index (χ1) is 6.80. The smallest absolute Gasteiger partial charge is 0.154 e. The predicted octanol–water partition coefficient (Wildman–Crippen LogP) is 3.44. The molecule has 2 rings (SSSR count). The molecular formula is C12H19S2+. The standard InChI is InChI=1S/C8H11S.C4H8S/c1-9(2)8-6-4-3-5-7-8;1-2-4-5-3-1/h3-7H,1-2H3;1-4H2/q+1;. The lowest BCUT2D eigenvalue weighted by Crippen LogP contribution is -1.93. The zero-order chi connectivity index (χ0) is 10.2. The number of rotatable bonds is 1. The largest absolute Gasteiger partial charge is 0.162 e. The highest BCUT2D eigenvalue weighted by atomic mass is 32.2. The van der Waals surface area contributed by atoms with E-state index in [0.717, 1.165) is 0 Å². The second kappa shape index (κ2) is 7.24. The van der Waals surface area contributed by atoms with Gasteiger partial charge in [0.2, 0.25) is 0 Å². The molecule has 0 unspecified atom stereocenters. The van der Waals surface area contributed by atoms with Crippen molar-refractivity contribution in [3.05, 3.63) is 30.3 Å². The normalized spacial score (nSPS) is 15.1. The molecule has 1 saturated heterocycles. The topological polar surface area (TPSA) is 0 Å². The lowest BCUT2D eigenvalue weighted by molar-refractivity contribution is 0.949. The highest BCUT2D eigenvalue weighted by Crippen LogP contribution is 2.14. The van der Waals surface area contributed by atoms with Gasteiger partial charge in [0.25, 0.3) is 0 Å². The van der Waals surface area contributed by atoms with Crippen molar-refractivity contribution in [3.63, 3.8) is 0 Å². The van der Waals surface area contributed by atoms with E-state index in [1.165, 1.54) is 29.2 Å². The Balaban J connectivity index is 0.000000165. The molecule has 1 aromatic carbocycles. The van der Waals surface area contributed by atoms with Crippen LogP contribution in [0.15, 0.2) is 35.2 Å². The fraction of sp³-hybridized carbons (Fsp3) is 0.500. The van der Waals surface area contributed by atoms with Crippen molar-refractivity contribution in [3.8, 4) is 0 Å². The first-order valence-corrected chi connectivity index (χ1v) is 8.20. The van der Waals surface area contributed by atoms with Crippen LogP contribution >= 0.6 is 11.8 Å². The molecule has 1 aromatic rings. The van der Waals surface area contributed by atoms with E-state index >= 15 is 0 Å². The Hall–Kier alpha value is -0.0800. The molecule has 1 aliphatic rings. The minimum absolute atomic E-state index is 0.421. The van der Waals surface area contributed by atoms with Gasteiger partial charge in [0, 0.05) is 10.9 Å². The van der Waals surface area contributed by atoms with Gasteiger partial charge in [-0.2, -0.15) is 11.8 Å². The molecule has 0 bridgehead atoms. The molecule has 0 N–H and O–H groups in total. The van der Waals surface area contributed by atoms with Crippen LogP contribution in [0.1, 0.15) is 12.8 Å². The summed E-state index contributed by atoms with van der Waals surface area (Å²) < 4.78 is 0. The molecule has 0 atom stereocenters.